The van der Waals surface area contributed by atoms with Crippen LogP contribution in [0.3, 0.4) is 0 Å². The zero-order valence-corrected chi connectivity index (χ0v) is 10.3. The molecule has 1 aromatic carbocycles. The van der Waals surface area contributed by atoms with Gasteiger partial charge in [-0.05, 0) is 25.3 Å². The van der Waals surface area contributed by atoms with Crippen LogP contribution in [0.25, 0.3) is 0 Å². The summed E-state index contributed by atoms with van der Waals surface area (Å²) in [6.45, 7) is 2.12. The summed E-state index contributed by atoms with van der Waals surface area (Å²) in [6.07, 6.45) is 2.83. The van der Waals surface area contributed by atoms with Gasteiger partial charge in [0.1, 0.15) is 11.8 Å². The van der Waals surface area contributed by atoms with Gasteiger partial charge in [0.15, 0.2) is 0 Å². The maximum atomic E-state index is 11.6. The summed E-state index contributed by atoms with van der Waals surface area (Å²) in [6, 6.07) is 10.0. The Hall–Kier alpha value is -2.10. The van der Waals surface area contributed by atoms with Gasteiger partial charge in [0, 0.05) is 0 Å². The van der Waals surface area contributed by atoms with Crippen LogP contribution in [0.4, 0.5) is 0 Å². The van der Waals surface area contributed by atoms with Gasteiger partial charge < -0.3 is 9.26 Å². The highest BCUT2D eigenvalue weighted by Gasteiger charge is 2.16. The molecule has 0 aliphatic carbocycles. The summed E-state index contributed by atoms with van der Waals surface area (Å²) in [7, 11) is 0. The molecule has 0 unspecified atom stereocenters. The molecule has 2 aromatic rings. The molecule has 4 nitrogen and oxygen atoms in total. The molecule has 4 heteroatoms. The predicted molar refractivity (Wildman–Crippen MR) is 66.3 cm³/mol. The molecule has 0 aliphatic rings. The Morgan fingerprint density at radius 2 is 2.06 bits per heavy atom. The highest BCUT2D eigenvalue weighted by Crippen LogP contribution is 2.12. The van der Waals surface area contributed by atoms with E-state index in [1.54, 1.807) is 6.92 Å². The van der Waals surface area contributed by atoms with Crippen molar-refractivity contribution in [2.45, 2.75) is 19.8 Å². The highest BCUT2D eigenvalue weighted by molar-refractivity contribution is 5.90. The van der Waals surface area contributed by atoms with Gasteiger partial charge in [0.05, 0.1) is 12.3 Å². The minimum atomic E-state index is -0.373. The lowest BCUT2D eigenvalue weighted by molar-refractivity contribution is 0.0524. The van der Waals surface area contributed by atoms with Gasteiger partial charge >= 0.3 is 5.97 Å². The van der Waals surface area contributed by atoms with Gasteiger partial charge in [-0.1, -0.05) is 35.5 Å². The van der Waals surface area contributed by atoms with Crippen LogP contribution in [-0.2, 0) is 17.6 Å². The molecule has 1 heterocycles. The first-order valence-electron chi connectivity index (χ1n) is 5.95. The molecule has 94 valence electrons. The normalized spacial score (nSPS) is 10.3. The number of esters is 1. The van der Waals surface area contributed by atoms with Gasteiger partial charge in [-0.2, -0.15) is 0 Å². The van der Waals surface area contributed by atoms with Crippen molar-refractivity contribution in [2.24, 2.45) is 0 Å². The minimum Gasteiger partial charge on any atom is -0.462 e. The summed E-state index contributed by atoms with van der Waals surface area (Å²) < 4.78 is 9.79. The van der Waals surface area contributed by atoms with Crippen LogP contribution in [0.15, 0.2) is 41.1 Å². The maximum Gasteiger partial charge on any atom is 0.343 e. The lowest BCUT2D eigenvalue weighted by Gasteiger charge is -2.01. The van der Waals surface area contributed by atoms with Gasteiger partial charge in [-0.25, -0.2) is 4.79 Å². The maximum absolute atomic E-state index is 11.6. The average molecular weight is 245 g/mol. The molecular weight excluding hydrogens is 230 g/mol. The van der Waals surface area contributed by atoms with Crippen LogP contribution in [0.5, 0.6) is 0 Å². The lowest BCUT2D eigenvalue weighted by Crippen LogP contribution is -2.07. The Kier molecular flexibility index (Phi) is 4.12. The number of aryl methyl sites for hydroxylation is 2. The summed E-state index contributed by atoms with van der Waals surface area (Å²) in [5.41, 5.74) is 2.28. The van der Waals surface area contributed by atoms with Crippen LogP contribution < -0.4 is 0 Å². The second-order valence-corrected chi connectivity index (χ2v) is 3.88. The first-order valence-corrected chi connectivity index (χ1v) is 5.95. The second-order valence-electron chi connectivity index (χ2n) is 3.88. The Balaban J connectivity index is 2.02. The van der Waals surface area contributed by atoms with Crippen molar-refractivity contribution in [1.82, 2.24) is 5.16 Å². The molecule has 0 saturated carbocycles. The number of ether oxygens (including phenoxy) is 1. The van der Waals surface area contributed by atoms with Crippen molar-refractivity contribution in [3.8, 4) is 0 Å². The highest BCUT2D eigenvalue weighted by atomic mass is 16.5. The van der Waals surface area contributed by atoms with Crippen molar-refractivity contribution >= 4 is 5.97 Å². The second kappa shape index (κ2) is 6.00. The van der Waals surface area contributed by atoms with Crippen molar-refractivity contribution in [3.05, 3.63) is 53.4 Å². The third kappa shape index (κ3) is 2.97. The van der Waals surface area contributed by atoms with Crippen LogP contribution >= 0.6 is 0 Å². The van der Waals surface area contributed by atoms with E-state index in [4.69, 9.17) is 9.26 Å². The van der Waals surface area contributed by atoms with E-state index in [0.29, 0.717) is 24.3 Å². The van der Waals surface area contributed by atoms with Gasteiger partial charge in [-0.3, -0.25) is 0 Å². The number of carbonyl (C=O) groups is 1. The van der Waals surface area contributed by atoms with Gasteiger partial charge in [-0.15, -0.1) is 0 Å². The SMILES string of the molecule is CCOC(=O)c1conc1CCc1ccccc1. The fourth-order valence-corrected chi connectivity index (χ4v) is 1.72. The minimum absolute atomic E-state index is 0.349. The lowest BCUT2D eigenvalue weighted by atomic mass is 10.1. The molecule has 0 atom stereocenters. The van der Waals surface area contributed by atoms with E-state index in [9.17, 15) is 4.79 Å². The Labute approximate surface area is 106 Å². The molecule has 0 radical (unpaired) electrons. The molecule has 0 N–H and O–H groups in total. The van der Waals surface area contributed by atoms with E-state index in [0.717, 1.165) is 6.42 Å². The summed E-state index contributed by atoms with van der Waals surface area (Å²) in [4.78, 5) is 11.6. The monoisotopic (exact) mass is 245 g/mol. The number of aromatic nitrogens is 1. The van der Waals surface area contributed by atoms with E-state index in [2.05, 4.69) is 5.16 Å². The average Bonchev–Trinajstić information content (AvgIpc) is 2.86. The van der Waals surface area contributed by atoms with Crippen molar-refractivity contribution in [3.63, 3.8) is 0 Å². The van der Waals surface area contributed by atoms with Gasteiger partial charge in [0.2, 0.25) is 0 Å². The topological polar surface area (TPSA) is 52.3 Å². The van der Waals surface area contributed by atoms with Crippen LogP contribution in [0, 0.1) is 0 Å². The largest absolute Gasteiger partial charge is 0.462 e. The molecular formula is C14H15NO3. The zero-order valence-electron chi connectivity index (χ0n) is 10.3. The zero-order chi connectivity index (χ0) is 12.8. The number of nitrogens with zero attached hydrogens (tertiary/aromatic N) is 1. The van der Waals surface area contributed by atoms with E-state index >= 15 is 0 Å². The fourth-order valence-electron chi connectivity index (χ4n) is 1.72. The smallest absolute Gasteiger partial charge is 0.343 e. The standard InChI is InChI=1S/C14H15NO3/c1-2-17-14(16)12-10-18-15-13(12)9-8-11-6-4-3-5-7-11/h3-7,10H,2,8-9H2,1H3. The third-order valence-corrected chi connectivity index (χ3v) is 2.63. The molecule has 0 fully saturated rings. The Morgan fingerprint density at radius 3 is 2.78 bits per heavy atom. The quantitative estimate of drug-likeness (QED) is 0.760. The number of rotatable bonds is 5. The summed E-state index contributed by atoms with van der Waals surface area (Å²) in [5.74, 6) is -0.373. The van der Waals surface area contributed by atoms with E-state index < -0.39 is 0 Å². The van der Waals surface area contributed by atoms with Crippen molar-refractivity contribution in [1.29, 1.82) is 0 Å². The number of benzene rings is 1. The molecule has 1 aromatic heterocycles. The van der Waals surface area contributed by atoms with Crippen molar-refractivity contribution in [2.75, 3.05) is 6.61 Å². The van der Waals surface area contributed by atoms with E-state index in [1.807, 2.05) is 30.3 Å². The summed E-state index contributed by atoms with van der Waals surface area (Å²) in [5, 5.41) is 3.86. The Morgan fingerprint density at radius 1 is 1.28 bits per heavy atom. The molecule has 0 saturated heterocycles. The number of hydrogen-bond acceptors (Lipinski definition) is 4. The molecule has 2 rings (SSSR count). The van der Waals surface area contributed by atoms with E-state index in [1.165, 1.54) is 11.8 Å². The molecule has 0 amide bonds. The van der Waals surface area contributed by atoms with Crippen LogP contribution in [-0.4, -0.2) is 17.7 Å². The molecule has 0 bridgehead atoms. The first kappa shape index (κ1) is 12.4. The number of hydrogen-bond donors (Lipinski definition) is 0. The summed E-state index contributed by atoms with van der Waals surface area (Å²) >= 11 is 0. The third-order valence-electron chi connectivity index (χ3n) is 2.63. The van der Waals surface area contributed by atoms with Crippen LogP contribution in [0.1, 0.15) is 28.5 Å². The predicted octanol–water partition coefficient (Wildman–Crippen LogP) is 2.64. The van der Waals surface area contributed by atoms with Crippen molar-refractivity contribution < 1.29 is 14.1 Å². The van der Waals surface area contributed by atoms with Crippen LogP contribution in [0.2, 0.25) is 0 Å². The van der Waals surface area contributed by atoms with Gasteiger partial charge in [0.25, 0.3) is 0 Å². The molecule has 0 spiro atoms. The molecule has 0 aliphatic heterocycles. The Bertz CT molecular complexity index is 505. The van der Waals surface area contributed by atoms with E-state index in [-0.39, 0.29) is 5.97 Å². The fraction of sp³-hybridized carbons (Fsp3) is 0.286. The number of carbonyl (C=O) groups excluding carboxylic acids is 1. The molecule has 18 heavy (non-hydrogen) atoms. The first-order chi connectivity index (χ1) is 8.81.